The molecule has 0 saturated carbocycles. The third-order valence-electron chi connectivity index (χ3n) is 3.12. The highest BCUT2D eigenvalue weighted by Crippen LogP contribution is 2.08. The van der Waals surface area contributed by atoms with Crippen molar-refractivity contribution in [2.45, 2.75) is 39.0 Å². The molecule has 1 rings (SSSR count). The van der Waals surface area contributed by atoms with E-state index in [9.17, 15) is 14.4 Å². The van der Waals surface area contributed by atoms with E-state index in [-0.39, 0.29) is 12.5 Å². The van der Waals surface area contributed by atoms with Gasteiger partial charge < -0.3 is 20.3 Å². The van der Waals surface area contributed by atoms with Crippen LogP contribution in [0.25, 0.3) is 0 Å². The number of carbonyl (C=O) groups excluding carboxylic acids is 2. The van der Waals surface area contributed by atoms with E-state index in [0.717, 1.165) is 5.56 Å². The summed E-state index contributed by atoms with van der Waals surface area (Å²) >= 11 is 0. The van der Waals surface area contributed by atoms with Gasteiger partial charge in [0.25, 0.3) is 0 Å². The zero-order chi connectivity index (χ0) is 17.4. The summed E-state index contributed by atoms with van der Waals surface area (Å²) in [6.07, 6.45) is -2.19. The maximum atomic E-state index is 11.7. The first-order valence-corrected chi connectivity index (χ1v) is 7.19. The van der Waals surface area contributed by atoms with E-state index < -0.39 is 36.5 Å². The Morgan fingerprint density at radius 3 is 2.30 bits per heavy atom. The third-order valence-corrected chi connectivity index (χ3v) is 3.12. The fourth-order valence-corrected chi connectivity index (χ4v) is 1.62. The van der Waals surface area contributed by atoms with Crippen LogP contribution in [0.2, 0.25) is 0 Å². The van der Waals surface area contributed by atoms with Crippen molar-refractivity contribution in [3.05, 3.63) is 35.9 Å². The van der Waals surface area contributed by atoms with Crippen LogP contribution in [0.15, 0.2) is 30.3 Å². The van der Waals surface area contributed by atoms with E-state index in [4.69, 9.17) is 20.3 Å². The summed E-state index contributed by atoms with van der Waals surface area (Å²) < 4.78 is 9.77. The van der Waals surface area contributed by atoms with E-state index in [1.807, 2.05) is 6.07 Å². The maximum Gasteiger partial charge on any atom is 0.345 e. The number of benzene rings is 1. The van der Waals surface area contributed by atoms with Gasteiger partial charge in [-0.2, -0.15) is 0 Å². The normalized spacial score (nSPS) is 13.2. The number of ether oxygens (including phenoxy) is 2. The minimum atomic E-state index is -1.62. The Morgan fingerprint density at radius 2 is 1.78 bits per heavy atom. The molecule has 7 nitrogen and oxygen atoms in total. The minimum absolute atomic E-state index is 0.0193. The van der Waals surface area contributed by atoms with Crippen molar-refractivity contribution in [3.8, 4) is 0 Å². The lowest BCUT2D eigenvalue weighted by Gasteiger charge is -2.18. The van der Waals surface area contributed by atoms with Gasteiger partial charge in [-0.15, -0.1) is 0 Å². The Kier molecular flexibility index (Phi) is 7.21. The lowest BCUT2D eigenvalue weighted by atomic mass is 10.1. The molecular formula is C16H21NO6. The Bertz CT molecular complexity index is 543. The number of aliphatic carboxylic acids is 1. The van der Waals surface area contributed by atoms with E-state index in [0.29, 0.717) is 0 Å². The molecule has 7 heteroatoms. The van der Waals surface area contributed by atoms with Gasteiger partial charge in [0.1, 0.15) is 12.6 Å². The van der Waals surface area contributed by atoms with Crippen molar-refractivity contribution < 1.29 is 29.0 Å². The summed E-state index contributed by atoms with van der Waals surface area (Å²) in [6, 6.07) is 7.99. The average Bonchev–Trinajstić information content (AvgIpc) is 2.52. The summed E-state index contributed by atoms with van der Waals surface area (Å²) in [5, 5.41) is 9.05. The molecule has 0 amide bonds. The van der Waals surface area contributed by atoms with E-state index in [1.165, 1.54) is 0 Å². The number of esters is 2. The van der Waals surface area contributed by atoms with Crippen molar-refractivity contribution in [3.63, 3.8) is 0 Å². The topological polar surface area (TPSA) is 116 Å². The lowest BCUT2D eigenvalue weighted by Crippen LogP contribution is -2.41. The number of carboxylic acids is 1. The Labute approximate surface area is 134 Å². The fourth-order valence-electron chi connectivity index (χ4n) is 1.62. The number of nitrogens with two attached hydrogens (primary N) is 1. The molecule has 3 N–H and O–H groups in total. The molecule has 0 aliphatic carbocycles. The van der Waals surface area contributed by atoms with Crippen molar-refractivity contribution >= 4 is 17.9 Å². The highest BCUT2D eigenvalue weighted by Gasteiger charge is 2.29. The van der Waals surface area contributed by atoms with Crippen LogP contribution in [-0.2, 0) is 30.5 Å². The number of carbonyl (C=O) groups is 3. The number of hydrogen-bond acceptors (Lipinski definition) is 6. The highest BCUT2D eigenvalue weighted by atomic mass is 16.6. The molecule has 0 heterocycles. The number of carboxylic acid groups (broad SMARTS) is 1. The molecule has 0 saturated heterocycles. The van der Waals surface area contributed by atoms with Crippen LogP contribution in [0.3, 0.4) is 0 Å². The van der Waals surface area contributed by atoms with E-state index in [1.54, 1.807) is 38.1 Å². The first-order valence-electron chi connectivity index (χ1n) is 7.19. The molecule has 0 radical (unpaired) electrons. The van der Waals surface area contributed by atoms with Gasteiger partial charge in [0.2, 0.25) is 6.10 Å². The summed E-state index contributed by atoms with van der Waals surface area (Å²) in [5.41, 5.74) is 6.36. The molecule has 126 valence electrons. The van der Waals surface area contributed by atoms with Crippen LogP contribution in [0.5, 0.6) is 0 Å². The molecule has 0 aromatic heterocycles. The van der Waals surface area contributed by atoms with Gasteiger partial charge in [-0.25, -0.2) is 4.79 Å². The van der Waals surface area contributed by atoms with Crippen molar-refractivity contribution in [2.75, 3.05) is 0 Å². The van der Waals surface area contributed by atoms with Crippen LogP contribution >= 0.6 is 0 Å². The molecule has 0 aliphatic heterocycles. The molecule has 2 atom stereocenters. The molecule has 0 spiro atoms. The van der Waals surface area contributed by atoms with Gasteiger partial charge in [-0.3, -0.25) is 9.59 Å². The average molecular weight is 323 g/mol. The third kappa shape index (κ3) is 6.48. The largest absolute Gasteiger partial charge is 0.478 e. The second-order valence-corrected chi connectivity index (χ2v) is 5.38. The molecular weight excluding hydrogens is 302 g/mol. The maximum absolute atomic E-state index is 11.7. The van der Waals surface area contributed by atoms with Gasteiger partial charge in [0, 0.05) is 0 Å². The van der Waals surface area contributed by atoms with Gasteiger partial charge in [-0.05, 0) is 11.5 Å². The Morgan fingerprint density at radius 1 is 1.17 bits per heavy atom. The quantitative estimate of drug-likeness (QED) is 0.688. The van der Waals surface area contributed by atoms with Crippen LogP contribution in [-0.4, -0.2) is 35.2 Å². The monoisotopic (exact) mass is 323 g/mol. The summed E-state index contributed by atoms with van der Waals surface area (Å²) in [7, 11) is 0. The summed E-state index contributed by atoms with van der Waals surface area (Å²) in [5.74, 6) is -3.26. The van der Waals surface area contributed by atoms with Crippen molar-refractivity contribution in [1.82, 2.24) is 0 Å². The first kappa shape index (κ1) is 18.6. The van der Waals surface area contributed by atoms with Crippen LogP contribution in [0.4, 0.5) is 0 Å². The second kappa shape index (κ2) is 8.89. The predicted octanol–water partition coefficient (Wildman–Crippen LogP) is 1.10. The standard InChI is InChI=1S/C16H21NO6/c1-10(2)14(17)16(21)23-12(15(19)20)8-13(18)22-9-11-6-4-3-5-7-11/h3-7,10,12,14H,8-9,17H2,1-2H3,(H,19,20)/t12?,14-/m0/s1. The van der Waals surface area contributed by atoms with E-state index in [2.05, 4.69) is 0 Å². The molecule has 1 aromatic rings. The molecule has 0 fully saturated rings. The minimum Gasteiger partial charge on any atom is -0.478 e. The van der Waals surface area contributed by atoms with Gasteiger partial charge in [0.15, 0.2) is 0 Å². The Balaban J connectivity index is 2.53. The SMILES string of the molecule is CC(C)[C@H](N)C(=O)OC(CC(=O)OCc1ccccc1)C(=O)O. The number of rotatable bonds is 8. The number of hydrogen-bond donors (Lipinski definition) is 2. The van der Waals surface area contributed by atoms with Crippen LogP contribution in [0.1, 0.15) is 25.8 Å². The fraction of sp³-hybridized carbons (Fsp3) is 0.438. The smallest absolute Gasteiger partial charge is 0.345 e. The van der Waals surface area contributed by atoms with Gasteiger partial charge >= 0.3 is 17.9 Å². The first-order chi connectivity index (χ1) is 10.8. The molecule has 1 aromatic carbocycles. The Hall–Kier alpha value is -2.41. The molecule has 0 aliphatic rings. The summed E-state index contributed by atoms with van der Waals surface area (Å²) in [6.45, 7) is 3.43. The molecule has 0 bridgehead atoms. The predicted molar refractivity (Wildman–Crippen MR) is 81.2 cm³/mol. The highest BCUT2D eigenvalue weighted by molar-refractivity contribution is 5.84. The zero-order valence-electron chi connectivity index (χ0n) is 13.1. The van der Waals surface area contributed by atoms with Crippen molar-refractivity contribution in [1.29, 1.82) is 0 Å². The molecule has 1 unspecified atom stereocenters. The van der Waals surface area contributed by atoms with Crippen molar-refractivity contribution in [2.24, 2.45) is 11.7 Å². The lowest BCUT2D eigenvalue weighted by molar-refractivity contribution is -0.170. The van der Waals surface area contributed by atoms with Gasteiger partial charge in [-0.1, -0.05) is 44.2 Å². The van der Waals surface area contributed by atoms with E-state index >= 15 is 0 Å². The molecule has 23 heavy (non-hydrogen) atoms. The summed E-state index contributed by atoms with van der Waals surface area (Å²) in [4.78, 5) is 34.5. The second-order valence-electron chi connectivity index (χ2n) is 5.38. The van der Waals surface area contributed by atoms with Crippen LogP contribution in [0, 0.1) is 5.92 Å². The van der Waals surface area contributed by atoms with Gasteiger partial charge in [0.05, 0.1) is 6.42 Å². The zero-order valence-corrected chi connectivity index (χ0v) is 13.1. The van der Waals surface area contributed by atoms with Crippen LogP contribution < -0.4 is 5.73 Å².